The van der Waals surface area contributed by atoms with Crippen LogP contribution in [-0.2, 0) is 19.1 Å². The molecule has 1 atom stereocenters. The molecule has 5 nitrogen and oxygen atoms in total. The third-order valence-corrected chi connectivity index (χ3v) is 7.49. The summed E-state index contributed by atoms with van der Waals surface area (Å²) in [6, 6.07) is 0. The maximum Gasteiger partial charge on any atom is 0.306 e. The molecule has 0 heterocycles. The van der Waals surface area contributed by atoms with Gasteiger partial charge >= 0.3 is 11.9 Å². The highest BCUT2D eigenvalue weighted by molar-refractivity contribution is 5.70. The zero-order chi connectivity index (χ0) is 33.6. The van der Waals surface area contributed by atoms with Gasteiger partial charge in [-0.2, -0.15) is 0 Å². The van der Waals surface area contributed by atoms with Crippen LogP contribution in [0.5, 0.6) is 0 Å². The first kappa shape index (κ1) is 43.3. The summed E-state index contributed by atoms with van der Waals surface area (Å²) in [5.74, 6) is -0.677. The Morgan fingerprint density at radius 3 is 1.76 bits per heavy atom. The van der Waals surface area contributed by atoms with Crippen molar-refractivity contribution < 1.29 is 24.2 Å². The molecule has 0 aromatic heterocycles. The van der Waals surface area contributed by atoms with E-state index in [2.05, 4.69) is 86.8 Å². The van der Waals surface area contributed by atoms with Gasteiger partial charge in [0, 0.05) is 12.8 Å². The Balaban J connectivity index is 3.72. The van der Waals surface area contributed by atoms with E-state index in [0.717, 1.165) is 64.2 Å². The standard InChI is InChI=1S/C41H68O5/c1-3-5-7-9-11-13-15-17-19-20-22-23-25-27-29-31-33-35-40(43)45-38-39(37-42)46-41(44)36-34-32-30-28-26-24-21-18-16-14-12-10-8-6-4-2/h5,7,13,15,17-19,21-23,27,29,39,42H,3-4,6,8-12,14,16,20,24-26,28,30-38H2,1-2H3/b7-5+,15-13+,19-17+,21-18-,23-22+,29-27+/t39-/m0/s1. The van der Waals surface area contributed by atoms with Crippen molar-refractivity contribution in [1.29, 1.82) is 0 Å². The van der Waals surface area contributed by atoms with E-state index in [1.807, 2.05) is 0 Å². The number of hydrogen-bond donors (Lipinski definition) is 1. The number of carbonyl (C=O) groups is 2. The summed E-state index contributed by atoms with van der Waals surface area (Å²) in [6.45, 7) is 3.95. The zero-order valence-corrected chi connectivity index (χ0v) is 29.6. The second-order valence-electron chi connectivity index (χ2n) is 11.9. The highest BCUT2D eigenvalue weighted by Gasteiger charge is 2.15. The third kappa shape index (κ3) is 34.2. The molecule has 1 N–H and O–H groups in total. The number of rotatable bonds is 32. The predicted molar refractivity (Wildman–Crippen MR) is 196 cm³/mol. The summed E-state index contributed by atoms with van der Waals surface area (Å²) in [5.41, 5.74) is 0. The third-order valence-electron chi connectivity index (χ3n) is 7.49. The Morgan fingerprint density at radius 2 is 1.07 bits per heavy atom. The summed E-state index contributed by atoms with van der Waals surface area (Å²) in [6.07, 6.45) is 48.2. The van der Waals surface area contributed by atoms with Gasteiger partial charge in [0.1, 0.15) is 6.61 Å². The zero-order valence-electron chi connectivity index (χ0n) is 29.6. The van der Waals surface area contributed by atoms with Crippen LogP contribution in [0.15, 0.2) is 72.9 Å². The number of esters is 2. The fourth-order valence-electron chi connectivity index (χ4n) is 4.70. The molecule has 0 unspecified atom stereocenters. The number of aliphatic hydroxyl groups excluding tert-OH is 1. The minimum Gasteiger partial charge on any atom is -0.462 e. The lowest BCUT2D eigenvalue weighted by Crippen LogP contribution is -2.28. The maximum absolute atomic E-state index is 12.1. The van der Waals surface area contributed by atoms with Crippen molar-refractivity contribution in [3.05, 3.63) is 72.9 Å². The van der Waals surface area contributed by atoms with Crippen LogP contribution < -0.4 is 0 Å². The van der Waals surface area contributed by atoms with Crippen LogP contribution in [0.4, 0.5) is 0 Å². The number of ether oxygens (including phenoxy) is 2. The highest BCUT2D eigenvalue weighted by Crippen LogP contribution is 2.11. The lowest BCUT2D eigenvalue weighted by atomic mass is 10.1. The lowest BCUT2D eigenvalue weighted by molar-refractivity contribution is -0.161. The van der Waals surface area contributed by atoms with Crippen molar-refractivity contribution in [3.8, 4) is 0 Å². The van der Waals surface area contributed by atoms with E-state index in [9.17, 15) is 14.7 Å². The number of allylic oxidation sites excluding steroid dienone is 12. The largest absolute Gasteiger partial charge is 0.462 e. The molecule has 5 heteroatoms. The van der Waals surface area contributed by atoms with Gasteiger partial charge in [0.15, 0.2) is 6.10 Å². The molecule has 0 saturated heterocycles. The summed E-state index contributed by atoms with van der Waals surface area (Å²) < 4.78 is 10.5. The van der Waals surface area contributed by atoms with E-state index in [0.29, 0.717) is 19.3 Å². The van der Waals surface area contributed by atoms with Gasteiger partial charge < -0.3 is 14.6 Å². The summed E-state index contributed by atoms with van der Waals surface area (Å²) in [7, 11) is 0. The normalized spacial score (nSPS) is 13.0. The van der Waals surface area contributed by atoms with Crippen LogP contribution in [-0.4, -0.2) is 36.4 Å². The molecule has 0 bridgehead atoms. The van der Waals surface area contributed by atoms with Gasteiger partial charge in [-0.15, -0.1) is 0 Å². The van der Waals surface area contributed by atoms with Crippen molar-refractivity contribution in [2.24, 2.45) is 0 Å². The summed E-state index contributed by atoms with van der Waals surface area (Å²) >= 11 is 0. The van der Waals surface area contributed by atoms with Crippen molar-refractivity contribution in [2.75, 3.05) is 13.2 Å². The SMILES string of the molecule is CC/C=C/CC/C=C/C=C/C/C=C/C/C=C/CCCC(=O)OC[C@H](CO)OC(=O)CCCCCCC/C=C\CCCCCCCC. The van der Waals surface area contributed by atoms with Gasteiger partial charge in [0.05, 0.1) is 6.61 Å². The first-order valence-electron chi connectivity index (χ1n) is 18.5. The molecular formula is C41H68O5. The number of carbonyl (C=O) groups excluding carboxylic acids is 2. The first-order chi connectivity index (χ1) is 22.6. The molecule has 0 amide bonds. The van der Waals surface area contributed by atoms with Crippen molar-refractivity contribution >= 4 is 11.9 Å². The van der Waals surface area contributed by atoms with Crippen LogP contribution in [0.25, 0.3) is 0 Å². The Hall–Kier alpha value is -2.66. The molecular weight excluding hydrogens is 572 g/mol. The molecule has 0 aromatic rings. The van der Waals surface area contributed by atoms with E-state index < -0.39 is 6.10 Å². The monoisotopic (exact) mass is 641 g/mol. The number of unbranched alkanes of at least 4 members (excludes halogenated alkanes) is 13. The molecule has 0 aromatic carbocycles. The second kappa shape index (κ2) is 36.8. The fourth-order valence-corrected chi connectivity index (χ4v) is 4.70. The molecule has 0 aliphatic carbocycles. The Morgan fingerprint density at radius 1 is 0.543 bits per heavy atom. The topological polar surface area (TPSA) is 72.8 Å². The average molecular weight is 641 g/mol. The van der Waals surface area contributed by atoms with Crippen LogP contribution in [0.2, 0.25) is 0 Å². The van der Waals surface area contributed by atoms with Crippen LogP contribution in [0.1, 0.15) is 155 Å². The minimum absolute atomic E-state index is 0.103. The van der Waals surface area contributed by atoms with Crippen molar-refractivity contribution in [3.63, 3.8) is 0 Å². The molecule has 262 valence electrons. The Bertz CT molecular complexity index is 864. The molecule has 0 spiro atoms. The van der Waals surface area contributed by atoms with Crippen LogP contribution in [0, 0.1) is 0 Å². The number of aliphatic hydroxyl groups is 1. The van der Waals surface area contributed by atoms with Gasteiger partial charge in [0.25, 0.3) is 0 Å². The lowest BCUT2D eigenvalue weighted by Gasteiger charge is -2.15. The van der Waals surface area contributed by atoms with Crippen molar-refractivity contribution in [1.82, 2.24) is 0 Å². The molecule has 0 saturated carbocycles. The predicted octanol–water partition coefficient (Wildman–Crippen LogP) is 11.4. The van der Waals surface area contributed by atoms with Gasteiger partial charge in [-0.1, -0.05) is 138 Å². The summed E-state index contributed by atoms with van der Waals surface area (Å²) in [5, 5.41) is 9.53. The molecule has 0 aliphatic heterocycles. The van der Waals surface area contributed by atoms with Gasteiger partial charge in [0.2, 0.25) is 0 Å². The van der Waals surface area contributed by atoms with Crippen LogP contribution >= 0.6 is 0 Å². The smallest absolute Gasteiger partial charge is 0.306 e. The quantitative estimate of drug-likeness (QED) is 0.0343. The highest BCUT2D eigenvalue weighted by atomic mass is 16.6. The average Bonchev–Trinajstić information content (AvgIpc) is 3.06. The van der Waals surface area contributed by atoms with Gasteiger partial charge in [-0.3, -0.25) is 9.59 Å². The molecule has 0 aliphatic rings. The fraction of sp³-hybridized carbons (Fsp3) is 0.659. The molecule has 46 heavy (non-hydrogen) atoms. The Labute approximate surface area is 283 Å². The second-order valence-corrected chi connectivity index (χ2v) is 11.9. The van der Waals surface area contributed by atoms with Crippen molar-refractivity contribution in [2.45, 2.75) is 161 Å². The molecule has 0 rings (SSSR count). The van der Waals surface area contributed by atoms with E-state index in [1.165, 1.54) is 57.8 Å². The van der Waals surface area contributed by atoms with Crippen LogP contribution in [0.3, 0.4) is 0 Å². The maximum atomic E-state index is 12.1. The van der Waals surface area contributed by atoms with E-state index in [1.54, 1.807) is 0 Å². The van der Waals surface area contributed by atoms with E-state index in [-0.39, 0.29) is 25.2 Å². The van der Waals surface area contributed by atoms with E-state index in [4.69, 9.17) is 9.47 Å². The van der Waals surface area contributed by atoms with E-state index >= 15 is 0 Å². The molecule has 0 fully saturated rings. The van der Waals surface area contributed by atoms with Gasteiger partial charge in [-0.25, -0.2) is 0 Å². The Kier molecular flexibility index (Phi) is 34.7. The molecule has 0 radical (unpaired) electrons. The number of hydrogen-bond acceptors (Lipinski definition) is 5. The van der Waals surface area contributed by atoms with Gasteiger partial charge in [-0.05, 0) is 77.0 Å². The summed E-state index contributed by atoms with van der Waals surface area (Å²) in [4.78, 5) is 24.2. The first-order valence-corrected chi connectivity index (χ1v) is 18.5. The minimum atomic E-state index is -0.801.